The predicted molar refractivity (Wildman–Crippen MR) is 113 cm³/mol. The third-order valence-electron chi connectivity index (χ3n) is 4.76. The van der Waals surface area contributed by atoms with Crippen molar-refractivity contribution in [2.24, 2.45) is 0 Å². The first-order valence-electron chi connectivity index (χ1n) is 9.42. The van der Waals surface area contributed by atoms with Crippen molar-refractivity contribution in [1.82, 2.24) is 20.4 Å². The van der Waals surface area contributed by atoms with Gasteiger partial charge in [0.05, 0.1) is 23.4 Å². The van der Waals surface area contributed by atoms with E-state index in [0.717, 1.165) is 5.56 Å². The molecule has 0 fully saturated rings. The number of rotatable bonds is 4. The van der Waals surface area contributed by atoms with Gasteiger partial charge in [-0.1, -0.05) is 29.8 Å². The summed E-state index contributed by atoms with van der Waals surface area (Å²) in [4.78, 5) is 24.3. The molecule has 3 N–H and O–H groups in total. The number of anilines is 1. The van der Waals surface area contributed by atoms with Gasteiger partial charge in [-0.05, 0) is 24.3 Å². The molecule has 3 aromatic rings. The Bertz CT molecular complexity index is 1100. The molecule has 8 nitrogen and oxygen atoms in total. The Labute approximate surface area is 178 Å². The topological polar surface area (TPSA) is 97.3 Å². The van der Waals surface area contributed by atoms with E-state index < -0.39 is 0 Å². The number of benzene rings is 2. The van der Waals surface area contributed by atoms with Gasteiger partial charge in [0.2, 0.25) is 0 Å². The zero-order chi connectivity index (χ0) is 21.1. The molecule has 154 valence electrons. The van der Waals surface area contributed by atoms with Crippen LogP contribution in [0.3, 0.4) is 0 Å². The van der Waals surface area contributed by atoms with Crippen LogP contribution in [0.15, 0.2) is 54.7 Å². The zero-order valence-corrected chi connectivity index (χ0v) is 16.9. The summed E-state index contributed by atoms with van der Waals surface area (Å²) in [5, 5.41) is 13.2. The summed E-state index contributed by atoms with van der Waals surface area (Å²) in [5.41, 5.74) is 2.08. The van der Waals surface area contributed by atoms with E-state index in [1.807, 2.05) is 18.2 Å². The van der Waals surface area contributed by atoms with Crippen molar-refractivity contribution in [3.05, 3.63) is 70.9 Å². The molecule has 1 aliphatic rings. The van der Waals surface area contributed by atoms with Gasteiger partial charge in [0.25, 0.3) is 5.91 Å². The molecule has 0 radical (unpaired) electrons. The van der Waals surface area contributed by atoms with Crippen LogP contribution in [0.1, 0.15) is 28.4 Å². The molecule has 9 heteroatoms. The Kier molecular flexibility index (Phi) is 5.58. The van der Waals surface area contributed by atoms with Crippen LogP contribution in [-0.2, 0) is 0 Å². The van der Waals surface area contributed by atoms with Crippen LogP contribution in [-0.4, -0.2) is 35.4 Å². The van der Waals surface area contributed by atoms with Crippen LogP contribution in [0.25, 0.3) is 5.69 Å². The van der Waals surface area contributed by atoms with Crippen LogP contribution in [0.2, 0.25) is 5.02 Å². The van der Waals surface area contributed by atoms with E-state index in [1.54, 1.807) is 48.3 Å². The van der Waals surface area contributed by atoms with E-state index in [9.17, 15) is 9.59 Å². The number of halogens is 1. The van der Waals surface area contributed by atoms with Crippen molar-refractivity contribution in [2.75, 3.05) is 19.0 Å². The highest BCUT2D eigenvalue weighted by atomic mass is 35.5. The number of nitrogens with zero attached hydrogens (tertiary/aromatic N) is 2. The monoisotopic (exact) mass is 425 g/mol. The molecule has 1 aromatic heterocycles. The largest absolute Gasteiger partial charge is 0.492 e. The van der Waals surface area contributed by atoms with Crippen LogP contribution in [0.4, 0.5) is 10.6 Å². The molecule has 0 saturated carbocycles. The third-order valence-corrected chi connectivity index (χ3v) is 5.06. The Morgan fingerprint density at radius 3 is 2.87 bits per heavy atom. The number of urea groups is 1. The molecule has 1 aliphatic heterocycles. The van der Waals surface area contributed by atoms with Gasteiger partial charge in [0, 0.05) is 36.9 Å². The predicted octanol–water partition coefficient (Wildman–Crippen LogP) is 3.53. The normalized spacial score (nSPS) is 14.9. The molecule has 3 amide bonds. The molecular formula is C21H20ClN5O3. The molecule has 2 aromatic carbocycles. The van der Waals surface area contributed by atoms with Gasteiger partial charge < -0.3 is 15.4 Å². The number of hydrogen-bond acceptors (Lipinski definition) is 4. The van der Waals surface area contributed by atoms with Gasteiger partial charge >= 0.3 is 6.03 Å². The fourth-order valence-corrected chi connectivity index (χ4v) is 3.55. The molecule has 0 spiro atoms. The van der Waals surface area contributed by atoms with Crippen molar-refractivity contribution in [3.63, 3.8) is 0 Å². The number of para-hydroxylation sites is 1. The van der Waals surface area contributed by atoms with Crippen molar-refractivity contribution in [3.8, 4) is 11.4 Å². The highest BCUT2D eigenvalue weighted by Crippen LogP contribution is 2.37. The van der Waals surface area contributed by atoms with E-state index in [0.29, 0.717) is 40.9 Å². The average molecular weight is 426 g/mol. The molecule has 0 aliphatic carbocycles. The van der Waals surface area contributed by atoms with E-state index >= 15 is 0 Å². The maximum absolute atomic E-state index is 12.5. The van der Waals surface area contributed by atoms with Crippen molar-refractivity contribution >= 4 is 29.4 Å². The first-order chi connectivity index (χ1) is 14.5. The SMILES string of the molecule is CNC(=O)c1cccc(-n2ccc(NC(=O)N[C@H]3CCOc4c(Cl)cccc43)n2)c1. The maximum atomic E-state index is 12.5. The number of nitrogens with one attached hydrogen (secondary N) is 3. The minimum Gasteiger partial charge on any atom is -0.492 e. The summed E-state index contributed by atoms with van der Waals surface area (Å²) >= 11 is 6.18. The highest BCUT2D eigenvalue weighted by Gasteiger charge is 2.24. The van der Waals surface area contributed by atoms with Gasteiger partial charge in [0.15, 0.2) is 5.82 Å². The molecule has 4 rings (SSSR count). The van der Waals surface area contributed by atoms with E-state index in [4.69, 9.17) is 16.3 Å². The lowest BCUT2D eigenvalue weighted by Crippen LogP contribution is -2.35. The van der Waals surface area contributed by atoms with Crippen molar-refractivity contribution < 1.29 is 14.3 Å². The Balaban J connectivity index is 1.44. The maximum Gasteiger partial charge on any atom is 0.320 e. The molecule has 30 heavy (non-hydrogen) atoms. The fourth-order valence-electron chi connectivity index (χ4n) is 3.32. The molecule has 0 bridgehead atoms. The summed E-state index contributed by atoms with van der Waals surface area (Å²) in [6.45, 7) is 0.470. The van der Waals surface area contributed by atoms with Crippen LogP contribution >= 0.6 is 11.6 Å². The van der Waals surface area contributed by atoms with Gasteiger partial charge in [-0.25, -0.2) is 9.48 Å². The standard InChI is InChI=1S/C21H20ClN5O3/c1-23-20(28)13-4-2-5-14(12-13)27-10-8-18(26-27)25-21(29)24-17-9-11-30-19-15(17)6-3-7-16(19)22/h2-8,10,12,17H,9,11H2,1H3,(H,23,28)(H2,24,25,26,29)/t17-/m0/s1. The zero-order valence-electron chi connectivity index (χ0n) is 16.2. The van der Waals surface area contributed by atoms with Gasteiger partial charge in [0.1, 0.15) is 5.75 Å². The number of amides is 3. The third kappa shape index (κ3) is 4.08. The summed E-state index contributed by atoms with van der Waals surface area (Å²) in [6.07, 6.45) is 2.35. The lowest BCUT2D eigenvalue weighted by atomic mass is 10.0. The molecule has 2 heterocycles. The Morgan fingerprint density at radius 2 is 2.03 bits per heavy atom. The van der Waals surface area contributed by atoms with Crippen molar-refractivity contribution in [1.29, 1.82) is 0 Å². The van der Waals surface area contributed by atoms with Gasteiger partial charge in [-0.2, -0.15) is 0 Å². The van der Waals surface area contributed by atoms with Gasteiger partial charge in [-0.15, -0.1) is 5.10 Å². The van der Waals surface area contributed by atoms with E-state index in [-0.39, 0.29) is 18.0 Å². The number of carbonyl (C=O) groups is 2. The summed E-state index contributed by atoms with van der Waals surface area (Å²) < 4.78 is 7.21. The Hall–Kier alpha value is -3.52. The fraction of sp³-hybridized carbons (Fsp3) is 0.190. The second-order valence-corrected chi connectivity index (χ2v) is 7.13. The number of hydrogen-bond donors (Lipinski definition) is 3. The molecule has 0 saturated heterocycles. The number of fused-ring (bicyclic) bond motifs is 1. The minimum atomic E-state index is -0.378. The van der Waals surface area contributed by atoms with Crippen LogP contribution in [0.5, 0.6) is 5.75 Å². The van der Waals surface area contributed by atoms with E-state index in [2.05, 4.69) is 21.0 Å². The molecule has 0 unspecified atom stereocenters. The lowest BCUT2D eigenvalue weighted by molar-refractivity contribution is 0.0963. The second kappa shape index (κ2) is 8.46. The summed E-state index contributed by atoms with van der Waals surface area (Å²) in [6, 6.07) is 13.6. The highest BCUT2D eigenvalue weighted by molar-refractivity contribution is 6.32. The van der Waals surface area contributed by atoms with Crippen molar-refractivity contribution in [2.45, 2.75) is 12.5 Å². The average Bonchev–Trinajstić information content (AvgIpc) is 3.22. The summed E-state index contributed by atoms with van der Waals surface area (Å²) in [5.74, 6) is 0.811. The van der Waals surface area contributed by atoms with Crippen LogP contribution in [0, 0.1) is 0 Å². The smallest absolute Gasteiger partial charge is 0.320 e. The number of ether oxygens (including phenoxy) is 1. The molecular weight excluding hydrogens is 406 g/mol. The number of aromatic nitrogens is 2. The van der Waals surface area contributed by atoms with E-state index in [1.165, 1.54) is 0 Å². The molecule has 1 atom stereocenters. The van der Waals surface area contributed by atoms with Gasteiger partial charge in [-0.3, -0.25) is 10.1 Å². The lowest BCUT2D eigenvalue weighted by Gasteiger charge is -2.27. The first kappa shape index (κ1) is 19.8. The number of carbonyl (C=O) groups excluding carboxylic acids is 2. The van der Waals surface area contributed by atoms with Crippen LogP contribution < -0.4 is 20.7 Å². The Morgan fingerprint density at radius 1 is 1.20 bits per heavy atom. The second-order valence-electron chi connectivity index (χ2n) is 6.72. The first-order valence-corrected chi connectivity index (χ1v) is 9.80. The quantitative estimate of drug-likeness (QED) is 0.595. The minimum absolute atomic E-state index is 0.182. The summed E-state index contributed by atoms with van der Waals surface area (Å²) in [7, 11) is 1.58.